The average Bonchev–Trinajstić information content (AvgIpc) is 2.51. The minimum atomic E-state index is -0.858. The summed E-state index contributed by atoms with van der Waals surface area (Å²) in [7, 11) is 0. The van der Waals surface area contributed by atoms with Crippen molar-refractivity contribution in [3.63, 3.8) is 0 Å². The molecule has 1 aliphatic rings. The van der Waals surface area contributed by atoms with E-state index in [4.69, 9.17) is 5.11 Å². The van der Waals surface area contributed by atoms with Gasteiger partial charge < -0.3 is 5.11 Å². The van der Waals surface area contributed by atoms with Crippen LogP contribution in [0.1, 0.15) is 37.8 Å². The summed E-state index contributed by atoms with van der Waals surface area (Å²) < 4.78 is 0. The van der Waals surface area contributed by atoms with E-state index < -0.39 is 6.09 Å². The lowest BCUT2D eigenvalue weighted by Gasteiger charge is -2.18. The number of fused-ring (bicyclic) bond motifs is 1. The molecule has 1 N–H and O–H groups in total. The lowest BCUT2D eigenvalue weighted by atomic mass is 9.99. The van der Waals surface area contributed by atoms with Gasteiger partial charge in [0.1, 0.15) is 0 Å². The highest BCUT2D eigenvalue weighted by Crippen LogP contribution is 2.34. The largest absolute Gasteiger partial charge is 0.465 e. The molecule has 0 aliphatic carbocycles. The fourth-order valence-corrected chi connectivity index (χ4v) is 2.30. The van der Waals surface area contributed by atoms with Crippen molar-refractivity contribution in [3.05, 3.63) is 29.3 Å². The molecule has 1 atom stereocenters. The normalized spacial score (nSPS) is 19.0. The quantitative estimate of drug-likeness (QED) is 0.787. The van der Waals surface area contributed by atoms with Gasteiger partial charge in [-0.15, -0.1) is 0 Å². The van der Waals surface area contributed by atoms with Crippen LogP contribution < -0.4 is 4.90 Å². The minimum absolute atomic E-state index is 0.0508. The molecule has 0 saturated heterocycles. The van der Waals surface area contributed by atoms with Crippen LogP contribution in [0.3, 0.4) is 0 Å². The third-order valence-electron chi connectivity index (χ3n) is 3.19. The molecule has 3 nitrogen and oxygen atoms in total. The molecule has 0 aromatic heterocycles. The Morgan fingerprint density at radius 1 is 1.50 bits per heavy atom. The highest BCUT2D eigenvalue weighted by atomic mass is 16.4. The predicted octanol–water partition coefficient (Wildman–Crippen LogP) is 3.24. The van der Waals surface area contributed by atoms with Gasteiger partial charge in [0.2, 0.25) is 0 Å². The van der Waals surface area contributed by atoms with Gasteiger partial charge in [-0.05, 0) is 36.5 Å². The summed E-state index contributed by atoms with van der Waals surface area (Å²) in [6, 6.07) is 6.15. The Hall–Kier alpha value is -1.51. The smallest absolute Gasteiger partial charge is 0.412 e. The molecule has 2 rings (SSSR count). The van der Waals surface area contributed by atoms with E-state index in [1.165, 1.54) is 10.5 Å². The number of benzene rings is 1. The fourth-order valence-electron chi connectivity index (χ4n) is 2.30. The van der Waals surface area contributed by atoms with Crippen LogP contribution in [0, 0.1) is 0 Å². The molecule has 0 unspecified atom stereocenters. The maximum atomic E-state index is 11.1. The molecule has 1 aromatic rings. The highest BCUT2D eigenvalue weighted by Gasteiger charge is 2.30. The van der Waals surface area contributed by atoms with Crippen molar-refractivity contribution in [2.75, 3.05) is 4.90 Å². The molecule has 0 spiro atoms. The number of anilines is 1. The van der Waals surface area contributed by atoms with E-state index in [1.54, 1.807) is 0 Å². The molecule has 1 aromatic carbocycles. The van der Waals surface area contributed by atoms with Gasteiger partial charge in [0.25, 0.3) is 0 Å². The van der Waals surface area contributed by atoms with Gasteiger partial charge in [-0.3, -0.25) is 4.90 Å². The van der Waals surface area contributed by atoms with Crippen LogP contribution in [0.15, 0.2) is 18.2 Å². The van der Waals surface area contributed by atoms with Crippen molar-refractivity contribution in [2.45, 2.75) is 39.2 Å². The zero-order valence-electron chi connectivity index (χ0n) is 9.90. The lowest BCUT2D eigenvalue weighted by molar-refractivity contribution is 0.200. The lowest BCUT2D eigenvalue weighted by Crippen LogP contribution is -2.34. The van der Waals surface area contributed by atoms with Crippen LogP contribution in [-0.2, 0) is 6.42 Å². The van der Waals surface area contributed by atoms with E-state index in [2.05, 4.69) is 19.9 Å². The first-order valence-electron chi connectivity index (χ1n) is 5.65. The van der Waals surface area contributed by atoms with E-state index in [1.807, 2.05) is 19.1 Å². The first-order chi connectivity index (χ1) is 7.50. The fraction of sp³-hybridized carbons (Fsp3) is 0.462. The first-order valence-corrected chi connectivity index (χ1v) is 5.65. The molecular formula is C13H17NO2. The predicted molar refractivity (Wildman–Crippen MR) is 64.2 cm³/mol. The van der Waals surface area contributed by atoms with Crippen molar-refractivity contribution in [2.24, 2.45) is 0 Å². The van der Waals surface area contributed by atoms with Crippen LogP contribution in [0.4, 0.5) is 10.5 Å². The number of hydrogen-bond donors (Lipinski definition) is 1. The van der Waals surface area contributed by atoms with Crippen LogP contribution in [0.25, 0.3) is 0 Å². The average molecular weight is 219 g/mol. The van der Waals surface area contributed by atoms with Gasteiger partial charge in [-0.25, -0.2) is 4.79 Å². The van der Waals surface area contributed by atoms with Gasteiger partial charge in [0.05, 0.1) is 5.69 Å². The van der Waals surface area contributed by atoms with Crippen molar-refractivity contribution in [1.29, 1.82) is 0 Å². The molecule has 3 heteroatoms. The summed E-state index contributed by atoms with van der Waals surface area (Å²) in [4.78, 5) is 12.6. The van der Waals surface area contributed by atoms with Gasteiger partial charge in [0, 0.05) is 6.04 Å². The van der Waals surface area contributed by atoms with Crippen molar-refractivity contribution >= 4 is 11.8 Å². The van der Waals surface area contributed by atoms with E-state index >= 15 is 0 Å². The molecule has 0 saturated carbocycles. The zero-order valence-corrected chi connectivity index (χ0v) is 9.90. The Kier molecular flexibility index (Phi) is 2.62. The molecular weight excluding hydrogens is 202 g/mol. The second-order valence-corrected chi connectivity index (χ2v) is 4.75. The molecule has 1 amide bonds. The maximum Gasteiger partial charge on any atom is 0.412 e. The Bertz CT molecular complexity index is 426. The first kappa shape index (κ1) is 11.0. The molecule has 1 aliphatic heterocycles. The number of carbonyl (C=O) groups is 1. The van der Waals surface area contributed by atoms with Gasteiger partial charge in [0.15, 0.2) is 0 Å². The summed E-state index contributed by atoms with van der Waals surface area (Å²) in [6.45, 7) is 6.24. The molecule has 0 radical (unpaired) electrons. The van der Waals surface area contributed by atoms with E-state index in [0.29, 0.717) is 5.92 Å². The second kappa shape index (κ2) is 3.81. The maximum absolute atomic E-state index is 11.1. The molecule has 0 fully saturated rings. The summed E-state index contributed by atoms with van der Waals surface area (Å²) in [6.07, 6.45) is -0.0362. The summed E-state index contributed by atoms with van der Waals surface area (Å²) >= 11 is 0. The highest BCUT2D eigenvalue weighted by molar-refractivity contribution is 5.89. The third-order valence-corrected chi connectivity index (χ3v) is 3.19. The number of hydrogen-bond acceptors (Lipinski definition) is 1. The van der Waals surface area contributed by atoms with E-state index in [-0.39, 0.29) is 6.04 Å². The second-order valence-electron chi connectivity index (χ2n) is 4.75. The van der Waals surface area contributed by atoms with E-state index in [9.17, 15) is 4.79 Å². The topological polar surface area (TPSA) is 40.5 Å². The molecule has 86 valence electrons. The molecule has 0 bridgehead atoms. The Balaban J connectivity index is 2.42. The number of carboxylic acid groups (broad SMARTS) is 1. The Morgan fingerprint density at radius 3 is 2.75 bits per heavy atom. The standard InChI is InChI=1S/C13H17NO2/c1-8(2)10-4-5-12-11(7-10)6-9(3)14(12)13(15)16/h4-5,7-9H,6H2,1-3H3,(H,15,16)/t9-/m0/s1. The van der Waals surface area contributed by atoms with Gasteiger partial charge in [-0.2, -0.15) is 0 Å². The summed E-state index contributed by atoms with van der Waals surface area (Å²) in [5, 5.41) is 9.13. The van der Waals surface area contributed by atoms with Crippen molar-refractivity contribution < 1.29 is 9.90 Å². The van der Waals surface area contributed by atoms with Crippen LogP contribution in [-0.4, -0.2) is 17.2 Å². The van der Waals surface area contributed by atoms with Gasteiger partial charge >= 0.3 is 6.09 Å². The minimum Gasteiger partial charge on any atom is -0.465 e. The molecule has 1 heterocycles. The Labute approximate surface area is 95.7 Å². The number of rotatable bonds is 1. The zero-order chi connectivity index (χ0) is 11.9. The van der Waals surface area contributed by atoms with Crippen molar-refractivity contribution in [3.8, 4) is 0 Å². The molecule has 16 heavy (non-hydrogen) atoms. The van der Waals surface area contributed by atoms with Crippen LogP contribution >= 0.6 is 0 Å². The van der Waals surface area contributed by atoms with E-state index in [0.717, 1.165) is 17.7 Å². The number of amides is 1. The SMILES string of the molecule is CC(C)c1ccc2c(c1)C[C@H](C)N2C(=O)O. The van der Waals surface area contributed by atoms with Crippen LogP contribution in [0.2, 0.25) is 0 Å². The monoisotopic (exact) mass is 219 g/mol. The van der Waals surface area contributed by atoms with Crippen molar-refractivity contribution in [1.82, 2.24) is 0 Å². The Morgan fingerprint density at radius 2 is 2.19 bits per heavy atom. The van der Waals surface area contributed by atoms with Gasteiger partial charge in [-0.1, -0.05) is 26.0 Å². The van der Waals surface area contributed by atoms with Crippen LogP contribution in [0.5, 0.6) is 0 Å². The summed E-state index contributed by atoms with van der Waals surface area (Å²) in [5.74, 6) is 0.486. The third kappa shape index (κ3) is 1.66. The summed E-state index contributed by atoms with van der Waals surface area (Å²) in [5.41, 5.74) is 3.28. The number of nitrogens with zero attached hydrogens (tertiary/aromatic N) is 1.